The van der Waals surface area contributed by atoms with E-state index in [9.17, 15) is 0 Å². The van der Waals surface area contributed by atoms with Crippen LogP contribution < -0.4 is 9.47 Å². The molecule has 0 aliphatic carbocycles. The van der Waals surface area contributed by atoms with Crippen LogP contribution in [0.15, 0.2) is 18.2 Å². The molecule has 0 aromatic heterocycles. The standard InChI is InChI=1S/C17H25NO2/c1-2-9-18(10-3-1)11-5-13-19-16-8-7-15-6-4-12-20-17(15)14-16/h7-8,14H,1-6,9-13H2. The molecule has 0 atom stereocenters. The summed E-state index contributed by atoms with van der Waals surface area (Å²) in [6.45, 7) is 5.35. The van der Waals surface area contributed by atoms with Gasteiger partial charge in [-0.2, -0.15) is 0 Å². The lowest BCUT2D eigenvalue weighted by atomic mass is 10.1. The Hall–Kier alpha value is -1.22. The highest BCUT2D eigenvalue weighted by Crippen LogP contribution is 2.29. The fraction of sp³-hybridized carbons (Fsp3) is 0.647. The fourth-order valence-corrected chi connectivity index (χ4v) is 3.07. The number of likely N-dealkylation sites (tertiary alicyclic amines) is 1. The topological polar surface area (TPSA) is 21.7 Å². The molecule has 0 spiro atoms. The molecule has 3 rings (SSSR count). The molecule has 0 amide bonds. The first-order chi connectivity index (χ1) is 9.92. The molecular formula is C17H25NO2. The highest BCUT2D eigenvalue weighted by Gasteiger charge is 2.11. The quantitative estimate of drug-likeness (QED) is 0.770. The Labute approximate surface area is 121 Å². The summed E-state index contributed by atoms with van der Waals surface area (Å²) in [4.78, 5) is 2.56. The number of hydrogen-bond donors (Lipinski definition) is 0. The lowest BCUT2D eigenvalue weighted by Crippen LogP contribution is -2.31. The van der Waals surface area contributed by atoms with Gasteiger partial charge in [-0.15, -0.1) is 0 Å². The molecule has 1 saturated heterocycles. The normalized spacial score (nSPS) is 19.2. The van der Waals surface area contributed by atoms with Crippen LogP contribution >= 0.6 is 0 Å². The van der Waals surface area contributed by atoms with Gasteiger partial charge < -0.3 is 14.4 Å². The maximum atomic E-state index is 5.86. The van der Waals surface area contributed by atoms with Gasteiger partial charge in [0.25, 0.3) is 0 Å². The minimum absolute atomic E-state index is 0.801. The molecule has 3 heteroatoms. The Balaban J connectivity index is 1.41. The first-order valence-electron chi connectivity index (χ1n) is 8.03. The van der Waals surface area contributed by atoms with Crippen LogP contribution in [0, 0.1) is 0 Å². The number of nitrogens with zero attached hydrogens (tertiary/aromatic N) is 1. The molecule has 3 nitrogen and oxygen atoms in total. The molecular weight excluding hydrogens is 250 g/mol. The summed E-state index contributed by atoms with van der Waals surface area (Å²) in [5, 5.41) is 0. The van der Waals surface area contributed by atoms with Crippen molar-refractivity contribution in [1.82, 2.24) is 4.90 Å². The minimum Gasteiger partial charge on any atom is -0.493 e. The van der Waals surface area contributed by atoms with Gasteiger partial charge in [-0.3, -0.25) is 0 Å². The molecule has 0 saturated carbocycles. The van der Waals surface area contributed by atoms with E-state index in [1.807, 2.05) is 0 Å². The molecule has 1 aromatic carbocycles. The summed E-state index contributed by atoms with van der Waals surface area (Å²) >= 11 is 0. The third-order valence-corrected chi connectivity index (χ3v) is 4.22. The van der Waals surface area contributed by atoms with E-state index >= 15 is 0 Å². The summed E-state index contributed by atoms with van der Waals surface area (Å²) < 4.78 is 11.5. The zero-order valence-corrected chi connectivity index (χ0v) is 12.3. The number of hydrogen-bond acceptors (Lipinski definition) is 3. The Morgan fingerprint density at radius 1 is 1.10 bits per heavy atom. The van der Waals surface area contributed by atoms with E-state index in [-0.39, 0.29) is 0 Å². The second-order valence-corrected chi connectivity index (χ2v) is 5.83. The number of rotatable bonds is 5. The van der Waals surface area contributed by atoms with Crippen LogP contribution in [0.2, 0.25) is 0 Å². The molecule has 2 heterocycles. The summed E-state index contributed by atoms with van der Waals surface area (Å²) in [5.74, 6) is 1.97. The van der Waals surface area contributed by atoms with Crippen molar-refractivity contribution in [2.75, 3.05) is 32.8 Å². The van der Waals surface area contributed by atoms with Crippen LogP contribution in [-0.4, -0.2) is 37.7 Å². The summed E-state index contributed by atoms with van der Waals surface area (Å²) in [7, 11) is 0. The van der Waals surface area contributed by atoms with Crippen LogP contribution in [0.1, 0.15) is 37.7 Å². The van der Waals surface area contributed by atoms with Gasteiger partial charge in [-0.1, -0.05) is 12.5 Å². The van der Waals surface area contributed by atoms with Crippen molar-refractivity contribution in [3.8, 4) is 11.5 Å². The smallest absolute Gasteiger partial charge is 0.126 e. The Bertz CT molecular complexity index is 427. The van der Waals surface area contributed by atoms with Crippen molar-refractivity contribution >= 4 is 0 Å². The Morgan fingerprint density at radius 2 is 2.00 bits per heavy atom. The monoisotopic (exact) mass is 275 g/mol. The first-order valence-corrected chi connectivity index (χ1v) is 8.03. The highest BCUT2D eigenvalue weighted by atomic mass is 16.5. The average molecular weight is 275 g/mol. The SMILES string of the molecule is c1cc2c(cc1OCCCN1CCCCC1)OCCC2. The zero-order valence-electron chi connectivity index (χ0n) is 12.3. The van der Waals surface area contributed by atoms with Gasteiger partial charge in [0, 0.05) is 12.6 Å². The maximum absolute atomic E-state index is 5.86. The van der Waals surface area contributed by atoms with Crippen molar-refractivity contribution < 1.29 is 9.47 Å². The first kappa shape index (κ1) is 13.7. The van der Waals surface area contributed by atoms with Gasteiger partial charge in [0.15, 0.2) is 0 Å². The van der Waals surface area contributed by atoms with Gasteiger partial charge in [-0.25, -0.2) is 0 Å². The lowest BCUT2D eigenvalue weighted by Gasteiger charge is -2.26. The molecule has 1 aromatic rings. The van der Waals surface area contributed by atoms with Crippen molar-refractivity contribution in [3.05, 3.63) is 23.8 Å². The predicted octanol–water partition coefficient (Wildman–Crippen LogP) is 3.27. The maximum Gasteiger partial charge on any atom is 0.126 e. The number of benzene rings is 1. The molecule has 0 N–H and O–H groups in total. The van der Waals surface area contributed by atoms with E-state index in [1.54, 1.807) is 0 Å². The van der Waals surface area contributed by atoms with Gasteiger partial charge in [-0.05, 0) is 56.8 Å². The van der Waals surface area contributed by atoms with Crippen LogP contribution in [0.4, 0.5) is 0 Å². The molecule has 2 aliphatic heterocycles. The Kier molecular flexibility index (Phi) is 4.80. The van der Waals surface area contributed by atoms with E-state index < -0.39 is 0 Å². The molecule has 110 valence electrons. The number of ether oxygens (including phenoxy) is 2. The summed E-state index contributed by atoms with van der Waals surface area (Å²) in [6, 6.07) is 6.28. The van der Waals surface area contributed by atoms with Crippen molar-refractivity contribution in [2.24, 2.45) is 0 Å². The number of aryl methyl sites for hydroxylation is 1. The van der Waals surface area contributed by atoms with Gasteiger partial charge >= 0.3 is 0 Å². The highest BCUT2D eigenvalue weighted by molar-refractivity contribution is 5.41. The molecule has 2 aliphatic rings. The molecule has 0 radical (unpaired) electrons. The van der Waals surface area contributed by atoms with Gasteiger partial charge in [0.05, 0.1) is 13.2 Å². The third-order valence-electron chi connectivity index (χ3n) is 4.22. The zero-order chi connectivity index (χ0) is 13.6. The lowest BCUT2D eigenvalue weighted by molar-refractivity contribution is 0.204. The number of piperidine rings is 1. The number of fused-ring (bicyclic) bond motifs is 1. The van der Waals surface area contributed by atoms with E-state index in [1.165, 1.54) is 44.5 Å². The van der Waals surface area contributed by atoms with E-state index in [0.717, 1.165) is 44.0 Å². The molecule has 0 unspecified atom stereocenters. The summed E-state index contributed by atoms with van der Waals surface area (Å²) in [5.41, 5.74) is 1.32. The van der Waals surface area contributed by atoms with Crippen LogP contribution in [-0.2, 0) is 6.42 Å². The van der Waals surface area contributed by atoms with E-state index in [0.29, 0.717) is 0 Å². The van der Waals surface area contributed by atoms with E-state index in [4.69, 9.17) is 9.47 Å². The Morgan fingerprint density at radius 3 is 2.90 bits per heavy atom. The summed E-state index contributed by atoms with van der Waals surface area (Å²) in [6.07, 6.45) is 7.50. The van der Waals surface area contributed by atoms with Crippen LogP contribution in [0.3, 0.4) is 0 Å². The van der Waals surface area contributed by atoms with Crippen LogP contribution in [0.25, 0.3) is 0 Å². The van der Waals surface area contributed by atoms with Crippen LogP contribution in [0.5, 0.6) is 11.5 Å². The largest absolute Gasteiger partial charge is 0.493 e. The third kappa shape index (κ3) is 3.66. The van der Waals surface area contributed by atoms with E-state index in [2.05, 4.69) is 23.1 Å². The van der Waals surface area contributed by atoms with Gasteiger partial charge in [0.1, 0.15) is 11.5 Å². The minimum atomic E-state index is 0.801. The molecule has 1 fully saturated rings. The van der Waals surface area contributed by atoms with Gasteiger partial charge in [0.2, 0.25) is 0 Å². The second kappa shape index (κ2) is 6.98. The average Bonchev–Trinajstić information content (AvgIpc) is 2.52. The predicted molar refractivity (Wildman–Crippen MR) is 80.7 cm³/mol. The van der Waals surface area contributed by atoms with Crippen molar-refractivity contribution in [1.29, 1.82) is 0 Å². The molecule has 20 heavy (non-hydrogen) atoms. The second-order valence-electron chi connectivity index (χ2n) is 5.83. The fourth-order valence-electron chi connectivity index (χ4n) is 3.07. The van der Waals surface area contributed by atoms with Crippen molar-refractivity contribution in [2.45, 2.75) is 38.5 Å². The van der Waals surface area contributed by atoms with Crippen molar-refractivity contribution in [3.63, 3.8) is 0 Å². The molecule has 0 bridgehead atoms.